The third-order valence-electron chi connectivity index (χ3n) is 4.73. The Hall–Kier alpha value is -1.55. The lowest BCUT2D eigenvalue weighted by molar-refractivity contribution is 0.245. The first kappa shape index (κ1) is 17.8. The third-order valence-corrected chi connectivity index (χ3v) is 4.73. The Balaban J connectivity index is 2.04. The Kier molecular flexibility index (Phi) is 6.90. The molecule has 1 heterocycles. The van der Waals surface area contributed by atoms with E-state index >= 15 is 0 Å². The van der Waals surface area contributed by atoms with Crippen molar-refractivity contribution in [2.45, 2.75) is 52.1 Å². The Morgan fingerprint density at radius 2 is 1.87 bits per heavy atom. The van der Waals surface area contributed by atoms with Gasteiger partial charge in [-0.1, -0.05) is 36.8 Å². The summed E-state index contributed by atoms with van der Waals surface area (Å²) in [5.41, 5.74) is 2.71. The molecular weight excluding hydrogens is 284 g/mol. The van der Waals surface area contributed by atoms with Gasteiger partial charge in [-0.05, 0) is 51.8 Å². The lowest BCUT2D eigenvalue weighted by Crippen LogP contribution is -2.45. The Bertz CT molecular complexity index is 489. The summed E-state index contributed by atoms with van der Waals surface area (Å²) >= 11 is 0. The second-order valence-electron chi connectivity index (χ2n) is 6.58. The Morgan fingerprint density at radius 3 is 2.43 bits per heavy atom. The lowest BCUT2D eigenvalue weighted by atomic mass is 10.0. The van der Waals surface area contributed by atoms with Crippen molar-refractivity contribution in [2.24, 2.45) is 4.99 Å². The molecule has 1 aliphatic heterocycles. The topological polar surface area (TPSA) is 39.7 Å². The van der Waals surface area contributed by atoms with Crippen LogP contribution in [0.25, 0.3) is 0 Å². The highest BCUT2D eigenvalue weighted by Crippen LogP contribution is 2.24. The van der Waals surface area contributed by atoms with E-state index in [0.29, 0.717) is 12.1 Å². The maximum absolute atomic E-state index is 4.36. The molecule has 0 spiro atoms. The van der Waals surface area contributed by atoms with Gasteiger partial charge in [0, 0.05) is 19.6 Å². The van der Waals surface area contributed by atoms with Gasteiger partial charge in [0.2, 0.25) is 0 Å². The zero-order valence-corrected chi connectivity index (χ0v) is 15.1. The van der Waals surface area contributed by atoms with E-state index in [4.69, 9.17) is 0 Å². The van der Waals surface area contributed by atoms with Crippen LogP contribution in [0, 0.1) is 6.92 Å². The SMILES string of the molecule is CCC(C)NC(=NC)NCC(c1ccc(C)cc1)N1CCCC1. The molecule has 1 saturated heterocycles. The van der Waals surface area contributed by atoms with E-state index in [-0.39, 0.29) is 0 Å². The molecule has 1 aliphatic rings. The van der Waals surface area contributed by atoms with Crippen LogP contribution in [0.1, 0.15) is 50.3 Å². The zero-order chi connectivity index (χ0) is 16.7. The largest absolute Gasteiger partial charge is 0.354 e. The number of rotatable bonds is 6. The van der Waals surface area contributed by atoms with Crippen molar-refractivity contribution < 1.29 is 0 Å². The second-order valence-corrected chi connectivity index (χ2v) is 6.58. The van der Waals surface area contributed by atoms with E-state index in [1.54, 1.807) is 0 Å². The van der Waals surface area contributed by atoms with Gasteiger partial charge in [0.25, 0.3) is 0 Å². The highest BCUT2D eigenvalue weighted by atomic mass is 15.2. The number of nitrogens with zero attached hydrogens (tertiary/aromatic N) is 2. The molecule has 0 amide bonds. The quantitative estimate of drug-likeness (QED) is 0.626. The highest BCUT2D eigenvalue weighted by Gasteiger charge is 2.23. The van der Waals surface area contributed by atoms with Gasteiger partial charge in [-0.3, -0.25) is 9.89 Å². The second kappa shape index (κ2) is 8.92. The molecule has 0 radical (unpaired) electrons. The highest BCUT2D eigenvalue weighted by molar-refractivity contribution is 5.79. The minimum absolute atomic E-state index is 0.411. The van der Waals surface area contributed by atoms with Gasteiger partial charge in [-0.15, -0.1) is 0 Å². The zero-order valence-electron chi connectivity index (χ0n) is 15.1. The number of aliphatic imine (C=N–C) groups is 1. The van der Waals surface area contributed by atoms with Crippen molar-refractivity contribution >= 4 is 5.96 Å². The van der Waals surface area contributed by atoms with Crippen LogP contribution >= 0.6 is 0 Å². The summed E-state index contributed by atoms with van der Waals surface area (Å²) in [6.45, 7) is 9.79. The Morgan fingerprint density at radius 1 is 1.22 bits per heavy atom. The normalized spacial score (nSPS) is 18.7. The molecule has 0 saturated carbocycles. The molecule has 2 N–H and O–H groups in total. The number of hydrogen-bond donors (Lipinski definition) is 2. The fraction of sp³-hybridized carbons (Fsp3) is 0.632. The van der Waals surface area contributed by atoms with Crippen LogP contribution in [0.3, 0.4) is 0 Å². The maximum atomic E-state index is 4.36. The number of benzene rings is 1. The van der Waals surface area contributed by atoms with Crippen LogP contribution in [-0.2, 0) is 0 Å². The first-order valence-electron chi connectivity index (χ1n) is 8.91. The van der Waals surface area contributed by atoms with Crippen LogP contribution in [0.5, 0.6) is 0 Å². The number of aryl methyl sites for hydroxylation is 1. The molecule has 1 aromatic carbocycles. The minimum atomic E-state index is 0.411. The maximum Gasteiger partial charge on any atom is 0.191 e. The average molecular weight is 316 g/mol. The lowest BCUT2D eigenvalue weighted by Gasteiger charge is -2.29. The van der Waals surface area contributed by atoms with Crippen molar-refractivity contribution in [1.29, 1.82) is 0 Å². The smallest absolute Gasteiger partial charge is 0.191 e. The summed E-state index contributed by atoms with van der Waals surface area (Å²) in [6, 6.07) is 9.81. The van der Waals surface area contributed by atoms with Gasteiger partial charge in [-0.25, -0.2) is 0 Å². The molecule has 1 fully saturated rings. The summed E-state index contributed by atoms with van der Waals surface area (Å²) < 4.78 is 0. The van der Waals surface area contributed by atoms with Gasteiger partial charge in [0.1, 0.15) is 0 Å². The molecule has 23 heavy (non-hydrogen) atoms. The van der Waals surface area contributed by atoms with E-state index in [1.807, 2.05) is 7.05 Å². The van der Waals surface area contributed by atoms with Crippen molar-refractivity contribution in [1.82, 2.24) is 15.5 Å². The molecule has 2 rings (SSSR count). The molecule has 0 aromatic heterocycles. The molecule has 2 atom stereocenters. The van der Waals surface area contributed by atoms with Gasteiger partial charge in [0.15, 0.2) is 5.96 Å². The molecular formula is C19H32N4. The van der Waals surface area contributed by atoms with E-state index < -0.39 is 0 Å². The molecule has 1 aromatic rings. The number of hydrogen-bond acceptors (Lipinski definition) is 2. The molecule has 4 nitrogen and oxygen atoms in total. The van der Waals surface area contributed by atoms with Gasteiger partial charge in [-0.2, -0.15) is 0 Å². The molecule has 0 aliphatic carbocycles. The van der Waals surface area contributed by atoms with E-state index in [9.17, 15) is 0 Å². The standard InChI is InChI=1S/C19H32N4/c1-5-16(3)22-19(20-4)21-14-18(23-12-6-7-13-23)17-10-8-15(2)9-11-17/h8-11,16,18H,5-7,12-14H2,1-4H3,(H2,20,21,22). The number of nitrogens with one attached hydrogen (secondary N) is 2. The van der Waals surface area contributed by atoms with Crippen LogP contribution < -0.4 is 10.6 Å². The monoisotopic (exact) mass is 316 g/mol. The van der Waals surface area contributed by atoms with E-state index in [0.717, 1.165) is 18.9 Å². The predicted molar refractivity (Wildman–Crippen MR) is 99.0 cm³/mol. The molecule has 4 heteroatoms. The average Bonchev–Trinajstić information content (AvgIpc) is 3.09. The van der Waals surface area contributed by atoms with Gasteiger partial charge >= 0.3 is 0 Å². The number of likely N-dealkylation sites (tertiary alicyclic amines) is 1. The van der Waals surface area contributed by atoms with E-state index in [1.165, 1.54) is 37.1 Å². The fourth-order valence-corrected chi connectivity index (χ4v) is 3.02. The molecule has 128 valence electrons. The third kappa shape index (κ3) is 5.24. The summed E-state index contributed by atoms with van der Waals surface area (Å²) in [5.74, 6) is 0.899. The van der Waals surface area contributed by atoms with Crippen molar-refractivity contribution in [2.75, 3.05) is 26.7 Å². The van der Waals surface area contributed by atoms with Crippen molar-refractivity contribution in [3.05, 3.63) is 35.4 Å². The van der Waals surface area contributed by atoms with Crippen LogP contribution in [0.15, 0.2) is 29.3 Å². The van der Waals surface area contributed by atoms with Crippen LogP contribution in [0.4, 0.5) is 0 Å². The van der Waals surface area contributed by atoms with Crippen LogP contribution in [-0.4, -0.2) is 43.6 Å². The first-order valence-corrected chi connectivity index (χ1v) is 8.91. The van der Waals surface area contributed by atoms with E-state index in [2.05, 4.69) is 65.6 Å². The predicted octanol–water partition coefficient (Wildman–Crippen LogP) is 3.10. The molecule has 2 unspecified atom stereocenters. The van der Waals surface area contributed by atoms with Gasteiger partial charge < -0.3 is 10.6 Å². The Labute approximate surface area is 141 Å². The van der Waals surface area contributed by atoms with Crippen molar-refractivity contribution in [3.8, 4) is 0 Å². The molecule has 0 bridgehead atoms. The first-order chi connectivity index (χ1) is 11.1. The summed E-state index contributed by atoms with van der Waals surface area (Å²) in [6.07, 6.45) is 3.71. The van der Waals surface area contributed by atoms with Gasteiger partial charge in [0.05, 0.1) is 6.04 Å². The minimum Gasteiger partial charge on any atom is -0.354 e. The summed E-state index contributed by atoms with van der Waals surface area (Å²) in [4.78, 5) is 6.95. The number of guanidine groups is 1. The summed E-state index contributed by atoms with van der Waals surface area (Å²) in [7, 11) is 1.84. The summed E-state index contributed by atoms with van der Waals surface area (Å²) in [5, 5.41) is 6.97. The van der Waals surface area contributed by atoms with Crippen molar-refractivity contribution in [3.63, 3.8) is 0 Å². The van der Waals surface area contributed by atoms with Crippen LogP contribution in [0.2, 0.25) is 0 Å². The fourth-order valence-electron chi connectivity index (χ4n) is 3.02.